The van der Waals surface area contributed by atoms with E-state index in [-0.39, 0.29) is 18.5 Å². The van der Waals surface area contributed by atoms with Crippen molar-refractivity contribution in [1.29, 1.82) is 5.41 Å². The number of hydrogen-bond acceptors (Lipinski definition) is 10. The molecule has 3 unspecified atom stereocenters. The molecule has 0 bridgehead atoms. The summed E-state index contributed by atoms with van der Waals surface area (Å²) in [5.41, 5.74) is 11.5. The third-order valence-corrected chi connectivity index (χ3v) is 4.00. The SMILES string of the molecule is CNCCCC(N)C(=O)OCC1CCC(n2ccc(NO)nc2=O)O1.N=CN. The van der Waals surface area contributed by atoms with Gasteiger partial charge in [-0.2, -0.15) is 4.98 Å². The maximum atomic E-state index is 11.9. The highest BCUT2D eigenvalue weighted by Gasteiger charge is 2.29. The molecule has 1 fully saturated rings. The van der Waals surface area contributed by atoms with Gasteiger partial charge in [0, 0.05) is 6.20 Å². The normalized spacial score (nSPS) is 19.2. The summed E-state index contributed by atoms with van der Waals surface area (Å²) in [6.07, 6.45) is 4.08. The number of rotatable bonds is 9. The summed E-state index contributed by atoms with van der Waals surface area (Å²) in [5.74, 6) is -0.377. The van der Waals surface area contributed by atoms with Gasteiger partial charge in [0.2, 0.25) is 0 Å². The number of nitrogens with zero attached hydrogens (tertiary/aromatic N) is 2. The monoisotopic (exact) mass is 399 g/mol. The maximum Gasteiger partial charge on any atom is 0.351 e. The highest BCUT2D eigenvalue weighted by molar-refractivity contribution is 5.75. The minimum atomic E-state index is -0.643. The van der Waals surface area contributed by atoms with Crippen LogP contribution in [0.25, 0.3) is 0 Å². The molecule has 1 aliphatic heterocycles. The van der Waals surface area contributed by atoms with Crippen molar-refractivity contribution >= 4 is 18.1 Å². The van der Waals surface area contributed by atoms with Crippen LogP contribution in [0.2, 0.25) is 0 Å². The van der Waals surface area contributed by atoms with Gasteiger partial charge in [0.1, 0.15) is 18.9 Å². The van der Waals surface area contributed by atoms with Crippen LogP contribution in [-0.2, 0) is 14.3 Å². The Morgan fingerprint density at radius 1 is 1.61 bits per heavy atom. The molecular weight excluding hydrogens is 370 g/mol. The molecule has 1 aliphatic rings. The topological polar surface area (TPSA) is 191 Å². The molecule has 2 heterocycles. The van der Waals surface area contributed by atoms with E-state index < -0.39 is 23.9 Å². The number of hydrogen-bond donors (Lipinski definition) is 6. The molecule has 1 aromatic heterocycles. The summed E-state index contributed by atoms with van der Waals surface area (Å²) in [5, 5.41) is 17.6. The molecule has 0 radical (unpaired) electrons. The van der Waals surface area contributed by atoms with Crippen molar-refractivity contribution < 1.29 is 19.5 Å². The van der Waals surface area contributed by atoms with E-state index >= 15 is 0 Å². The van der Waals surface area contributed by atoms with Crippen molar-refractivity contribution in [3.05, 3.63) is 22.7 Å². The van der Waals surface area contributed by atoms with Crippen molar-refractivity contribution in [2.45, 2.75) is 44.1 Å². The zero-order valence-electron chi connectivity index (χ0n) is 15.8. The number of ether oxygens (including phenoxy) is 2. The summed E-state index contributed by atoms with van der Waals surface area (Å²) in [7, 11) is 1.84. The van der Waals surface area contributed by atoms with Crippen LogP contribution >= 0.6 is 0 Å². The molecule has 158 valence electrons. The smallest absolute Gasteiger partial charge is 0.351 e. The fourth-order valence-electron chi connectivity index (χ4n) is 2.61. The summed E-state index contributed by atoms with van der Waals surface area (Å²) in [4.78, 5) is 27.4. The van der Waals surface area contributed by atoms with Gasteiger partial charge in [-0.1, -0.05) is 0 Å². The van der Waals surface area contributed by atoms with Crippen molar-refractivity contribution in [1.82, 2.24) is 14.9 Å². The number of nitrogens with one attached hydrogen (secondary N) is 3. The molecule has 2 rings (SSSR count). The van der Waals surface area contributed by atoms with E-state index in [1.54, 1.807) is 0 Å². The fraction of sp³-hybridized carbons (Fsp3) is 0.625. The number of aromatic nitrogens is 2. The van der Waals surface area contributed by atoms with Gasteiger partial charge in [-0.3, -0.25) is 25.5 Å². The van der Waals surface area contributed by atoms with E-state index in [0.717, 1.165) is 19.3 Å². The molecular formula is C16H29N7O5. The van der Waals surface area contributed by atoms with E-state index in [0.29, 0.717) is 19.3 Å². The number of esters is 1. The first-order chi connectivity index (χ1) is 13.5. The first-order valence-electron chi connectivity index (χ1n) is 8.89. The standard InChI is InChI=1S/C15H25N5O5.CH4N2/c1-17-7-2-3-11(16)14(21)24-9-10-4-5-13(25-10)20-8-6-12(19-23)18-15(20)22;2-1-3/h6,8,10-11,13,17,23H,2-5,7,9,16H2,1H3,(H,18,19,22);1H,(H3,2,3). The quantitative estimate of drug-likeness (QED) is 0.100. The Morgan fingerprint density at radius 3 is 2.93 bits per heavy atom. The minimum absolute atomic E-state index is 0.0667. The second-order valence-electron chi connectivity index (χ2n) is 6.05. The van der Waals surface area contributed by atoms with Crippen LogP contribution in [0.15, 0.2) is 17.1 Å². The van der Waals surface area contributed by atoms with Gasteiger partial charge >= 0.3 is 11.7 Å². The highest BCUT2D eigenvalue weighted by atomic mass is 16.6. The zero-order valence-corrected chi connectivity index (χ0v) is 15.8. The second kappa shape index (κ2) is 12.8. The van der Waals surface area contributed by atoms with E-state index in [1.807, 2.05) is 12.5 Å². The Hall–Kier alpha value is -2.54. The third-order valence-electron chi connectivity index (χ3n) is 4.00. The molecule has 1 aromatic rings. The van der Waals surface area contributed by atoms with E-state index in [2.05, 4.69) is 16.0 Å². The summed E-state index contributed by atoms with van der Waals surface area (Å²) in [6.45, 7) is 0.898. The molecule has 3 atom stereocenters. The Kier molecular flexibility index (Phi) is 10.7. The number of carbonyl (C=O) groups is 1. The molecule has 0 saturated carbocycles. The molecule has 28 heavy (non-hydrogen) atoms. The van der Waals surface area contributed by atoms with Crippen LogP contribution in [0.5, 0.6) is 0 Å². The van der Waals surface area contributed by atoms with Crippen molar-refractivity contribution in [2.24, 2.45) is 11.5 Å². The number of carbonyl (C=O) groups excluding carboxylic acids is 1. The largest absolute Gasteiger partial charge is 0.462 e. The van der Waals surface area contributed by atoms with E-state index in [9.17, 15) is 9.59 Å². The van der Waals surface area contributed by atoms with E-state index in [4.69, 9.17) is 25.8 Å². The summed E-state index contributed by atoms with van der Waals surface area (Å²) < 4.78 is 12.3. The first-order valence-corrected chi connectivity index (χ1v) is 8.89. The van der Waals surface area contributed by atoms with Crippen LogP contribution < -0.4 is 28.0 Å². The lowest BCUT2D eigenvalue weighted by Crippen LogP contribution is -2.34. The van der Waals surface area contributed by atoms with Gasteiger partial charge in [0.15, 0.2) is 5.82 Å². The predicted molar refractivity (Wildman–Crippen MR) is 102 cm³/mol. The van der Waals surface area contributed by atoms with Crippen molar-refractivity contribution in [3.63, 3.8) is 0 Å². The lowest BCUT2D eigenvalue weighted by Gasteiger charge is -2.17. The van der Waals surface area contributed by atoms with E-state index in [1.165, 1.54) is 16.8 Å². The summed E-state index contributed by atoms with van der Waals surface area (Å²) in [6, 6.07) is 0.818. The Labute approximate surface area is 162 Å². The van der Waals surface area contributed by atoms with Gasteiger partial charge in [-0.15, -0.1) is 0 Å². The molecule has 0 aliphatic carbocycles. The van der Waals surface area contributed by atoms with Crippen molar-refractivity contribution in [3.8, 4) is 0 Å². The number of nitrogens with two attached hydrogens (primary N) is 2. The average molecular weight is 399 g/mol. The molecule has 0 amide bonds. The molecule has 0 spiro atoms. The van der Waals surface area contributed by atoms with Crippen LogP contribution in [0, 0.1) is 5.41 Å². The Balaban J connectivity index is 0.00000122. The van der Waals surface area contributed by atoms with Gasteiger partial charge in [0.05, 0.1) is 12.4 Å². The van der Waals surface area contributed by atoms with Crippen LogP contribution in [0.4, 0.5) is 5.82 Å². The van der Waals surface area contributed by atoms with Gasteiger partial charge < -0.3 is 26.3 Å². The highest BCUT2D eigenvalue weighted by Crippen LogP contribution is 2.27. The number of anilines is 1. The lowest BCUT2D eigenvalue weighted by atomic mass is 10.1. The van der Waals surface area contributed by atoms with Crippen molar-refractivity contribution in [2.75, 3.05) is 25.7 Å². The molecule has 12 heteroatoms. The fourth-order valence-corrected chi connectivity index (χ4v) is 2.61. The third kappa shape index (κ3) is 7.60. The lowest BCUT2D eigenvalue weighted by molar-refractivity contribution is -0.150. The average Bonchev–Trinajstić information content (AvgIpc) is 3.15. The zero-order chi connectivity index (χ0) is 20.9. The summed E-state index contributed by atoms with van der Waals surface area (Å²) >= 11 is 0. The first kappa shape index (κ1) is 23.5. The van der Waals surface area contributed by atoms with Crippen LogP contribution in [-0.4, -0.2) is 59.4 Å². The van der Waals surface area contributed by atoms with Gasteiger partial charge in [-0.05, 0) is 45.3 Å². The van der Waals surface area contributed by atoms with Crippen LogP contribution in [0.1, 0.15) is 31.9 Å². The van der Waals surface area contributed by atoms with Crippen LogP contribution in [0.3, 0.4) is 0 Å². The second-order valence-corrected chi connectivity index (χ2v) is 6.05. The maximum absolute atomic E-state index is 11.9. The molecule has 0 aromatic carbocycles. The molecule has 8 N–H and O–H groups in total. The molecule has 12 nitrogen and oxygen atoms in total. The molecule has 1 saturated heterocycles. The van der Waals surface area contributed by atoms with Gasteiger partial charge in [-0.25, -0.2) is 4.79 Å². The van der Waals surface area contributed by atoms with Gasteiger partial charge in [0.25, 0.3) is 0 Å². The minimum Gasteiger partial charge on any atom is -0.462 e. The Morgan fingerprint density at radius 2 is 2.32 bits per heavy atom. The predicted octanol–water partition coefficient (Wildman–Crippen LogP) is -0.856. The Bertz CT molecular complexity index is 669.